The second-order valence-corrected chi connectivity index (χ2v) is 6.27. The van der Waals surface area contributed by atoms with Crippen LogP contribution in [0.4, 0.5) is 5.69 Å². The number of aliphatic hydroxyl groups excluding tert-OH is 1. The van der Waals surface area contributed by atoms with Crippen LogP contribution in [0.3, 0.4) is 0 Å². The van der Waals surface area contributed by atoms with Crippen LogP contribution in [0.15, 0.2) is 23.4 Å². The van der Waals surface area contributed by atoms with Gasteiger partial charge in [-0.1, -0.05) is 23.4 Å². The topological polar surface area (TPSA) is 80.2 Å². The second kappa shape index (κ2) is 8.79. The van der Waals surface area contributed by atoms with Crippen LogP contribution in [0.5, 0.6) is 0 Å². The smallest absolute Gasteiger partial charge is 0.320 e. The molecule has 24 heavy (non-hydrogen) atoms. The molecule has 2 rings (SSSR count). The van der Waals surface area contributed by atoms with Crippen LogP contribution in [-0.2, 0) is 23.6 Å². The number of hydrogen-bond donors (Lipinski definition) is 1. The third-order valence-electron chi connectivity index (χ3n) is 3.62. The SMILES string of the molecule is CCn1c(CCCO)nnc1SCc1cc(C)ccc1[N+](=O)OC. The van der Waals surface area contributed by atoms with Crippen molar-refractivity contribution in [1.82, 2.24) is 14.8 Å². The molecule has 0 bridgehead atoms. The predicted octanol–water partition coefficient (Wildman–Crippen LogP) is 2.80. The minimum Gasteiger partial charge on any atom is -0.396 e. The van der Waals surface area contributed by atoms with Crippen molar-refractivity contribution < 1.29 is 14.9 Å². The fourth-order valence-electron chi connectivity index (χ4n) is 2.41. The van der Waals surface area contributed by atoms with Crippen molar-refractivity contribution in [3.63, 3.8) is 0 Å². The molecule has 0 aliphatic rings. The summed E-state index contributed by atoms with van der Waals surface area (Å²) in [6, 6.07) is 5.62. The molecule has 130 valence electrons. The molecule has 0 atom stereocenters. The second-order valence-electron chi connectivity index (χ2n) is 5.33. The number of rotatable bonds is 9. The van der Waals surface area contributed by atoms with Gasteiger partial charge in [-0.15, -0.1) is 10.2 Å². The highest BCUT2D eigenvalue weighted by Gasteiger charge is 2.21. The standard InChI is InChI=1S/C16H23N4O3S/c1-4-19-15(6-5-9-21)17-18-16(19)24-11-13-10-12(2)7-8-14(13)20(22)23-3/h7-8,10,21H,4-6,9,11H2,1-3H3/q+1. The summed E-state index contributed by atoms with van der Waals surface area (Å²) in [5.74, 6) is 1.47. The van der Waals surface area contributed by atoms with E-state index in [-0.39, 0.29) is 6.61 Å². The first-order chi connectivity index (χ1) is 11.6. The zero-order valence-corrected chi connectivity index (χ0v) is 15.0. The lowest BCUT2D eigenvalue weighted by molar-refractivity contribution is -0.737. The van der Waals surface area contributed by atoms with Gasteiger partial charge in [0.05, 0.1) is 4.91 Å². The van der Waals surface area contributed by atoms with Gasteiger partial charge in [-0.2, -0.15) is 0 Å². The van der Waals surface area contributed by atoms with Crippen LogP contribution in [0, 0.1) is 11.8 Å². The fourth-order valence-corrected chi connectivity index (χ4v) is 3.42. The maximum Gasteiger partial charge on any atom is 0.320 e. The van der Waals surface area contributed by atoms with Crippen LogP contribution in [0.25, 0.3) is 0 Å². The lowest BCUT2D eigenvalue weighted by atomic mass is 10.1. The Morgan fingerprint density at radius 3 is 2.83 bits per heavy atom. The maximum absolute atomic E-state index is 11.8. The van der Waals surface area contributed by atoms with Crippen molar-refractivity contribution in [1.29, 1.82) is 0 Å². The zero-order valence-electron chi connectivity index (χ0n) is 14.2. The number of aliphatic hydroxyl groups is 1. The number of aromatic nitrogens is 3. The van der Waals surface area contributed by atoms with Crippen molar-refractivity contribution >= 4 is 17.4 Å². The molecule has 0 spiro atoms. The van der Waals surface area contributed by atoms with Crippen molar-refractivity contribution in [2.75, 3.05) is 13.7 Å². The molecule has 1 heterocycles. The first-order valence-corrected chi connectivity index (χ1v) is 8.85. The number of hydrogen-bond acceptors (Lipinski definition) is 6. The molecule has 0 radical (unpaired) electrons. The number of benzene rings is 1. The highest BCUT2D eigenvalue weighted by Crippen LogP contribution is 2.28. The van der Waals surface area contributed by atoms with E-state index in [4.69, 9.17) is 9.94 Å². The van der Waals surface area contributed by atoms with Gasteiger partial charge < -0.3 is 9.67 Å². The van der Waals surface area contributed by atoms with Crippen molar-refractivity contribution in [3.8, 4) is 0 Å². The Balaban J connectivity index is 2.18. The number of thioether (sulfide) groups is 1. The van der Waals surface area contributed by atoms with Crippen LogP contribution in [-0.4, -0.2) is 38.5 Å². The largest absolute Gasteiger partial charge is 0.396 e. The van der Waals surface area contributed by atoms with E-state index in [0.29, 0.717) is 29.2 Å². The summed E-state index contributed by atoms with van der Waals surface area (Å²) in [4.78, 5) is 17.1. The summed E-state index contributed by atoms with van der Waals surface area (Å²) < 4.78 is 2.04. The molecule has 0 fully saturated rings. The van der Waals surface area contributed by atoms with Gasteiger partial charge in [0.1, 0.15) is 5.82 Å². The van der Waals surface area contributed by atoms with Gasteiger partial charge >= 0.3 is 5.69 Å². The van der Waals surface area contributed by atoms with Crippen molar-refractivity contribution in [2.24, 2.45) is 0 Å². The van der Waals surface area contributed by atoms with Crippen LogP contribution in [0.1, 0.15) is 30.3 Å². The van der Waals surface area contributed by atoms with Crippen LogP contribution in [0.2, 0.25) is 0 Å². The zero-order chi connectivity index (χ0) is 17.5. The average Bonchev–Trinajstić information content (AvgIpc) is 2.99. The van der Waals surface area contributed by atoms with Crippen LogP contribution >= 0.6 is 11.8 Å². The molecule has 1 aromatic heterocycles. The van der Waals surface area contributed by atoms with Gasteiger partial charge in [-0.3, -0.25) is 0 Å². The maximum atomic E-state index is 11.8. The minimum absolute atomic E-state index is 0.141. The molecule has 0 saturated carbocycles. The first-order valence-electron chi connectivity index (χ1n) is 7.87. The Morgan fingerprint density at radius 1 is 1.38 bits per heavy atom. The average molecular weight is 351 g/mol. The van der Waals surface area contributed by atoms with Gasteiger partial charge in [0, 0.05) is 37.0 Å². The first kappa shape index (κ1) is 18.4. The molecule has 8 heteroatoms. The Labute approximate surface area is 145 Å². The Kier molecular flexibility index (Phi) is 6.74. The van der Waals surface area contributed by atoms with E-state index >= 15 is 0 Å². The molecule has 7 nitrogen and oxygen atoms in total. The van der Waals surface area contributed by atoms with Gasteiger partial charge in [0.25, 0.3) is 4.92 Å². The quantitative estimate of drug-likeness (QED) is 0.553. The van der Waals surface area contributed by atoms with E-state index in [0.717, 1.165) is 28.7 Å². The van der Waals surface area contributed by atoms with Crippen molar-refractivity contribution in [2.45, 2.75) is 44.1 Å². The highest BCUT2D eigenvalue weighted by molar-refractivity contribution is 7.98. The fraction of sp³-hybridized carbons (Fsp3) is 0.500. The highest BCUT2D eigenvalue weighted by atomic mass is 32.2. The summed E-state index contributed by atoms with van der Waals surface area (Å²) in [5, 5.41) is 18.2. The van der Waals surface area contributed by atoms with E-state index in [1.807, 2.05) is 30.5 Å². The van der Waals surface area contributed by atoms with E-state index in [9.17, 15) is 4.91 Å². The number of nitrogens with zero attached hydrogens (tertiary/aromatic N) is 4. The summed E-state index contributed by atoms with van der Waals surface area (Å²) in [6.07, 6.45) is 1.37. The molecule has 1 aromatic carbocycles. The van der Waals surface area contributed by atoms with Crippen molar-refractivity contribution in [3.05, 3.63) is 40.1 Å². The minimum atomic E-state index is 0.141. The summed E-state index contributed by atoms with van der Waals surface area (Å²) in [7, 11) is 1.35. The summed E-state index contributed by atoms with van der Waals surface area (Å²) >= 11 is 1.54. The van der Waals surface area contributed by atoms with E-state index in [2.05, 4.69) is 10.2 Å². The molecule has 0 aliphatic heterocycles. The van der Waals surface area contributed by atoms with E-state index < -0.39 is 0 Å². The molecule has 0 amide bonds. The molecule has 0 aliphatic carbocycles. The summed E-state index contributed by atoms with van der Waals surface area (Å²) in [6.45, 7) is 4.93. The predicted molar refractivity (Wildman–Crippen MR) is 92.1 cm³/mol. The third kappa shape index (κ3) is 4.33. The molecule has 0 saturated heterocycles. The Morgan fingerprint density at radius 2 is 2.17 bits per heavy atom. The Bertz CT molecular complexity index is 703. The van der Waals surface area contributed by atoms with Gasteiger partial charge in [-0.25, -0.2) is 4.84 Å². The lowest BCUT2D eigenvalue weighted by Crippen LogP contribution is -2.05. The van der Waals surface area contributed by atoms with Crippen LogP contribution < -0.4 is 0 Å². The van der Waals surface area contributed by atoms with Gasteiger partial charge in [0.15, 0.2) is 12.3 Å². The van der Waals surface area contributed by atoms with Gasteiger partial charge in [0.2, 0.25) is 0 Å². The normalized spacial score (nSPS) is 10.8. The summed E-state index contributed by atoms with van der Waals surface area (Å²) in [5.41, 5.74) is 2.47. The van der Waals surface area contributed by atoms with E-state index in [1.54, 1.807) is 6.07 Å². The van der Waals surface area contributed by atoms with Gasteiger partial charge in [-0.05, 0) is 26.3 Å². The van der Waals surface area contributed by atoms with E-state index in [1.165, 1.54) is 18.9 Å². The number of aryl methyl sites for hydroxylation is 2. The molecule has 1 N–H and O–H groups in total. The molecule has 0 unspecified atom stereocenters. The molecular formula is C16H23N4O3S+. The Hall–Kier alpha value is -1.93. The third-order valence-corrected chi connectivity index (χ3v) is 4.64. The monoisotopic (exact) mass is 351 g/mol. The lowest BCUT2D eigenvalue weighted by Gasteiger charge is -2.07. The molecule has 2 aromatic rings. The molecular weight excluding hydrogens is 328 g/mol.